The molecule has 1 aliphatic rings. The van der Waals surface area contributed by atoms with E-state index in [9.17, 15) is 4.79 Å². The van der Waals surface area contributed by atoms with Gasteiger partial charge in [0.15, 0.2) is 0 Å². The molecule has 0 aromatic carbocycles. The summed E-state index contributed by atoms with van der Waals surface area (Å²) in [6.07, 6.45) is 6.57. The Balaban J connectivity index is 2.14. The average molecular weight is 221 g/mol. The van der Waals surface area contributed by atoms with Crippen LogP contribution in [0.2, 0.25) is 0 Å². The van der Waals surface area contributed by atoms with Crippen LogP contribution in [0, 0.1) is 6.92 Å². The number of aryl methyl sites for hydroxylation is 2. The fourth-order valence-electron chi connectivity index (χ4n) is 2.25. The van der Waals surface area contributed by atoms with Crippen LogP contribution in [-0.2, 0) is 7.05 Å². The van der Waals surface area contributed by atoms with Crippen LogP contribution in [0.25, 0.3) is 0 Å². The summed E-state index contributed by atoms with van der Waals surface area (Å²) in [7, 11) is 1.85. The molecule has 2 heterocycles. The van der Waals surface area contributed by atoms with E-state index >= 15 is 0 Å². The molecule has 0 bridgehead atoms. The maximum absolute atomic E-state index is 12.3. The van der Waals surface area contributed by atoms with E-state index in [4.69, 9.17) is 0 Å². The van der Waals surface area contributed by atoms with Crippen LogP contribution in [0.5, 0.6) is 0 Å². The van der Waals surface area contributed by atoms with Crippen LogP contribution in [0.3, 0.4) is 0 Å². The topological polar surface area (TPSA) is 38.1 Å². The highest BCUT2D eigenvalue weighted by atomic mass is 16.2. The van der Waals surface area contributed by atoms with E-state index in [0.29, 0.717) is 0 Å². The first-order valence-corrected chi connectivity index (χ1v) is 5.98. The molecule has 0 N–H and O–H groups in total. The van der Waals surface area contributed by atoms with Crippen LogP contribution >= 0.6 is 0 Å². The summed E-state index contributed by atoms with van der Waals surface area (Å²) < 4.78 is 1.71. The fourth-order valence-corrected chi connectivity index (χ4v) is 2.25. The molecule has 1 fully saturated rings. The molecule has 1 amide bonds. The molecule has 1 saturated heterocycles. The maximum Gasteiger partial charge on any atom is 0.257 e. The highest BCUT2D eigenvalue weighted by Gasteiger charge is 2.20. The van der Waals surface area contributed by atoms with Crippen molar-refractivity contribution in [3.8, 4) is 0 Å². The van der Waals surface area contributed by atoms with Gasteiger partial charge in [0.25, 0.3) is 5.91 Å². The second kappa shape index (κ2) is 4.68. The molecule has 4 nitrogen and oxygen atoms in total. The quantitative estimate of drug-likeness (QED) is 0.724. The third kappa shape index (κ3) is 2.26. The second-order valence-electron chi connectivity index (χ2n) is 4.51. The summed E-state index contributed by atoms with van der Waals surface area (Å²) in [5, 5.41) is 4.22. The van der Waals surface area contributed by atoms with Gasteiger partial charge in [0.05, 0.1) is 11.3 Å². The molecule has 2 rings (SSSR count). The predicted octanol–water partition coefficient (Wildman–Crippen LogP) is 1.74. The van der Waals surface area contributed by atoms with Crippen molar-refractivity contribution in [3.05, 3.63) is 17.5 Å². The van der Waals surface area contributed by atoms with Gasteiger partial charge in [-0.1, -0.05) is 12.8 Å². The molecule has 88 valence electrons. The first-order valence-electron chi connectivity index (χ1n) is 5.98. The molecule has 1 aromatic heterocycles. The van der Waals surface area contributed by atoms with Gasteiger partial charge in [-0.25, -0.2) is 0 Å². The van der Waals surface area contributed by atoms with Gasteiger partial charge in [0, 0.05) is 26.3 Å². The summed E-state index contributed by atoms with van der Waals surface area (Å²) in [4.78, 5) is 14.2. The van der Waals surface area contributed by atoms with Gasteiger partial charge >= 0.3 is 0 Å². The maximum atomic E-state index is 12.3. The third-order valence-electron chi connectivity index (χ3n) is 3.14. The molecule has 0 atom stereocenters. The Bertz CT molecular complexity index is 376. The van der Waals surface area contributed by atoms with E-state index in [-0.39, 0.29) is 5.91 Å². The van der Waals surface area contributed by atoms with E-state index < -0.39 is 0 Å². The van der Waals surface area contributed by atoms with E-state index in [1.54, 1.807) is 4.68 Å². The van der Waals surface area contributed by atoms with Gasteiger partial charge in [0.2, 0.25) is 0 Å². The average Bonchev–Trinajstić information content (AvgIpc) is 2.49. The molecule has 0 saturated carbocycles. The highest BCUT2D eigenvalue weighted by molar-refractivity contribution is 5.95. The molecule has 0 aliphatic carbocycles. The number of rotatable bonds is 1. The number of carbonyl (C=O) groups excluding carboxylic acids is 1. The lowest BCUT2D eigenvalue weighted by Crippen LogP contribution is -2.32. The summed E-state index contributed by atoms with van der Waals surface area (Å²) in [5.41, 5.74) is 1.58. The number of amides is 1. The van der Waals surface area contributed by atoms with Crippen LogP contribution in [-0.4, -0.2) is 33.7 Å². The minimum atomic E-state index is 0.146. The molecule has 1 aromatic rings. The second-order valence-corrected chi connectivity index (χ2v) is 4.51. The van der Waals surface area contributed by atoms with Crippen molar-refractivity contribution in [1.82, 2.24) is 14.7 Å². The Hall–Kier alpha value is -1.32. The van der Waals surface area contributed by atoms with Crippen molar-refractivity contribution in [3.63, 3.8) is 0 Å². The summed E-state index contributed by atoms with van der Waals surface area (Å²) >= 11 is 0. The Morgan fingerprint density at radius 3 is 2.38 bits per heavy atom. The molecule has 0 spiro atoms. The minimum Gasteiger partial charge on any atom is -0.339 e. The normalized spacial score (nSPS) is 17.2. The number of carbonyl (C=O) groups is 1. The zero-order valence-corrected chi connectivity index (χ0v) is 10.1. The zero-order valence-electron chi connectivity index (χ0n) is 10.1. The van der Waals surface area contributed by atoms with Crippen molar-refractivity contribution in [2.75, 3.05) is 13.1 Å². The van der Waals surface area contributed by atoms with Gasteiger partial charge in [-0.2, -0.15) is 5.10 Å². The summed E-state index contributed by atoms with van der Waals surface area (Å²) in [6.45, 7) is 3.69. The van der Waals surface area contributed by atoms with Crippen molar-refractivity contribution < 1.29 is 4.79 Å². The fraction of sp³-hybridized carbons (Fsp3) is 0.667. The smallest absolute Gasteiger partial charge is 0.257 e. The lowest BCUT2D eigenvalue weighted by atomic mass is 10.2. The van der Waals surface area contributed by atoms with Gasteiger partial charge in [0.1, 0.15) is 0 Å². The van der Waals surface area contributed by atoms with Gasteiger partial charge in [-0.15, -0.1) is 0 Å². The number of hydrogen-bond donors (Lipinski definition) is 0. The third-order valence-corrected chi connectivity index (χ3v) is 3.14. The Labute approximate surface area is 96.2 Å². The first kappa shape index (κ1) is 11.2. The summed E-state index contributed by atoms with van der Waals surface area (Å²) in [5.74, 6) is 0.146. The lowest BCUT2D eigenvalue weighted by molar-refractivity contribution is 0.0761. The van der Waals surface area contributed by atoms with Crippen molar-refractivity contribution in [1.29, 1.82) is 0 Å². The van der Waals surface area contributed by atoms with Crippen LogP contribution in [0.1, 0.15) is 41.7 Å². The highest BCUT2D eigenvalue weighted by Crippen LogP contribution is 2.14. The number of aromatic nitrogens is 2. The van der Waals surface area contributed by atoms with E-state index in [0.717, 1.165) is 37.2 Å². The van der Waals surface area contributed by atoms with Gasteiger partial charge in [-0.05, 0) is 19.8 Å². The monoisotopic (exact) mass is 221 g/mol. The molecular formula is C12H19N3O. The number of nitrogens with zero attached hydrogens (tertiary/aromatic N) is 3. The number of hydrogen-bond acceptors (Lipinski definition) is 2. The predicted molar refractivity (Wildman–Crippen MR) is 62.3 cm³/mol. The van der Waals surface area contributed by atoms with E-state index in [1.165, 1.54) is 12.8 Å². The molecule has 16 heavy (non-hydrogen) atoms. The van der Waals surface area contributed by atoms with Crippen LogP contribution in [0.4, 0.5) is 0 Å². The standard InChI is InChI=1S/C12H19N3O/c1-10-11(9-14(2)13-10)12(16)15-7-5-3-4-6-8-15/h9H,3-8H2,1-2H3. The molecule has 0 radical (unpaired) electrons. The molecule has 4 heteroatoms. The zero-order chi connectivity index (χ0) is 11.5. The number of likely N-dealkylation sites (tertiary alicyclic amines) is 1. The van der Waals surface area contributed by atoms with E-state index in [1.807, 2.05) is 25.1 Å². The van der Waals surface area contributed by atoms with Gasteiger partial charge in [-0.3, -0.25) is 9.48 Å². The van der Waals surface area contributed by atoms with Crippen molar-refractivity contribution in [2.45, 2.75) is 32.6 Å². The lowest BCUT2D eigenvalue weighted by Gasteiger charge is -2.19. The minimum absolute atomic E-state index is 0.146. The SMILES string of the molecule is Cc1nn(C)cc1C(=O)N1CCCCCC1. The molecule has 0 unspecified atom stereocenters. The van der Waals surface area contributed by atoms with Gasteiger partial charge < -0.3 is 4.90 Å². The Morgan fingerprint density at radius 1 is 1.25 bits per heavy atom. The summed E-state index contributed by atoms with van der Waals surface area (Å²) in [6, 6.07) is 0. The largest absolute Gasteiger partial charge is 0.339 e. The van der Waals surface area contributed by atoms with Crippen molar-refractivity contribution in [2.24, 2.45) is 7.05 Å². The van der Waals surface area contributed by atoms with Crippen LogP contribution in [0.15, 0.2) is 6.20 Å². The first-order chi connectivity index (χ1) is 7.68. The van der Waals surface area contributed by atoms with E-state index in [2.05, 4.69) is 5.10 Å². The van der Waals surface area contributed by atoms with Crippen LogP contribution < -0.4 is 0 Å². The molecule has 1 aliphatic heterocycles. The van der Waals surface area contributed by atoms with Crippen molar-refractivity contribution >= 4 is 5.91 Å². The molecular weight excluding hydrogens is 202 g/mol. The Morgan fingerprint density at radius 2 is 1.88 bits per heavy atom. The Kier molecular flexibility index (Phi) is 3.27.